The molecule has 0 saturated carbocycles. The predicted octanol–water partition coefficient (Wildman–Crippen LogP) is 6.02. The van der Waals surface area contributed by atoms with Gasteiger partial charge in [0.2, 0.25) is 0 Å². The van der Waals surface area contributed by atoms with Gasteiger partial charge in [-0.15, -0.1) is 0 Å². The van der Waals surface area contributed by atoms with Crippen LogP contribution in [-0.2, 0) is 14.8 Å². The van der Waals surface area contributed by atoms with Crippen LogP contribution in [0.2, 0.25) is 5.02 Å². The van der Waals surface area contributed by atoms with Crippen molar-refractivity contribution >= 4 is 39.4 Å². The van der Waals surface area contributed by atoms with Crippen LogP contribution in [0.3, 0.4) is 0 Å². The van der Waals surface area contributed by atoms with Crippen molar-refractivity contribution in [1.29, 1.82) is 0 Å². The van der Waals surface area contributed by atoms with Gasteiger partial charge in [0, 0.05) is 22.0 Å². The summed E-state index contributed by atoms with van der Waals surface area (Å²) in [5, 5.41) is 4.63. The maximum atomic E-state index is 13.5. The zero-order chi connectivity index (χ0) is 28.3. The number of sulfonamides is 1. The number of rotatable bonds is 8. The third-order valence-corrected chi connectivity index (χ3v) is 8.58. The first-order chi connectivity index (χ1) is 18.5. The molecule has 0 fully saturated rings. The molecule has 3 aromatic carbocycles. The molecule has 0 aliphatic carbocycles. The zero-order valence-corrected chi connectivity index (χ0v) is 24.1. The quantitative estimate of drug-likeness (QED) is 0.210. The molecule has 0 aliphatic rings. The number of para-hydroxylation sites is 1. The highest BCUT2D eigenvalue weighted by molar-refractivity contribution is 7.92. The summed E-state index contributed by atoms with van der Waals surface area (Å²) in [6.45, 7) is 9.46. The Balaban J connectivity index is 1.59. The molecule has 1 aromatic heterocycles. The molecule has 0 saturated heterocycles. The van der Waals surface area contributed by atoms with Gasteiger partial charge in [-0.2, -0.15) is 5.10 Å². The Kier molecular flexibility index (Phi) is 8.28. The summed E-state index contributed by atoms with van der Waals surface area (Å²) in [5.41, 5.74) is 9.78. The lowest BCUT2D eigenvalue weighted by atomic mass is 10.1. The third kappa shape index (κ3) is 5.92. The number of nitrogens with one attached hydrogen (secondary N) is 1. The van der Waals surface area contributed by atoms with Gasteiger partial charge < -0.3 is 4.57 Å². The van der Waals surface area contributed by atoms with Crippen LogP contribution in [0.5, 0.6) is 0 Å². The smallest absolute Gasteiger partial charge is 0.264 e. The van der Waals surface area contributed by atoms with Gasteiger partial charge in [-0.1, -0.05) is 48.0 Å². The summed E-state index contributed by atoms with van der Waals surface area (Å²) in [6, 6.07) is 21.0. The van der Waals surface area contributed by atoms with E-state index < -0.39 is 22.5 Å². The molecular formula is C30H31ClN4O3S. The molecule has 39 heavy (non-hydrogen) atoms. The first-order valence-corrected chi connectivity index (χ1v) is 14.2. The zero-order valence-electron chi connectivity index (χ0n) is 22.6. The lowest BCUT2D eigenvalue weighted by Crippen LogP contribution is -2.40. The van der Waals surface area contributed by atoms with Crippen molar-refractivity contribution in [3.8, 4) is 5.69 Å². The second-order valence-electron chi connectivity index (χ2n) is 9.45. The Labute approximate surface area is 234 Å². The van der Waals surface area contributed by atoms with Crippen molar-refractivity contribution in [1.82, 2.24) is 9.99 Å². The lowest BCUT2D eigenvalue weighted by molar-refractivity contribution is -0.119. The third-order valence-electron chi connectivity index (χ3n) is 6.57. The average molecular weight is 563 g/mol. The molecule has 7 nitrogen and oxygen atoms in total. The van der Waals surface area contributed by atoms with Crippen LogP contribution in [0.15, 0.2) is 82.8 Å². The Bertz CT molecular complexity index is 1640. The number of aromatic nitrogens is 1. The summed E-state index contributed by atoms with van der Waals surface area (Å²) in [7, 11) is -4.04. The van der Waals surface area contributed by atoms with E-state index in [9.17, 15) is 13.2 Å². The Hall–Kier alpha value is -3.88. The van der Waals surface area contributed by atoms with Crippen LogP contribution >= 0.6 is 11.6 Å². The molecule has 1 heterocycles. The minimum Gasteiger partial charge on any atom is -0.317 e. The van der Waals surface area contributed by atoms with E-state index in [1.54, 1.807) is 49.5 Å². The number of halogens is 1. The molecule has 202 valence electrons. The van der Waals surface area contributed by atoms with E-state index in [0.717, 1.165) is 38.1 Å². The van der Waals surface area contributed by atoms with Gasteiger partial charge >= 0.3 is 0 Å². The van der Waals surface area contributed by atoms with Crippen LogP contribution in [0.4, 0.5) is 5.69 Å². The second kappa shape index (κ2) is 11.5. The molecule has 0 atom stereocenters. The van der Waals surface area contributed by atoms with Crippen LogP contribution in [-0.4, -0.2) is 31.7 Å². The number of hydrogen-bond donors (Lipinski definition) is 1. The second-order valence-corrected chi connectivity index (χ2v) is 11.7. The van der Waals surface area contributed by atoms with E-state index in [1.165, 1.54) is 12.1 Å². The van der Waals surface area contributed by atoms with Crippen molar-refractivity contribution in [3.63, 3.8) is 0 Å². The normalized spacial score (nSPS) is 11.6. The van der Waals surface area contributed by atoms with E-state index in [2.05, 4.69) is 41.1 Å². The largest absolute Gasteiger partial charge is 0.317 e. The number of carbonyl (C=O) groups is 1. The number of benzene rings is 3. The molecule has 4 rings (SSSR count). The van der Waals surface area contributed by atoms with E-state index >= 15 is 0 Å². The van der Waals surface area contributed by atoms with E-state index in [1.807, 2.05) is 26.0 Å². The molecule has 1 amide bonds. The highest BCUT2D eigenvalue weighted by atomic mass is 35.5. The number of hydrogen-bond acceptors (Lipinski definition) is 4. The molecular weight excluding hydrogens is 532 g/mol. The lowest BCUT2D eigenvalue weighted by Gasteiger charge is -2.25. The summed E-state index contributed by atoms with van der Waals surface area (Å²) >= 11 is 6.10. The van der Waals surface area contributed by atoms with Crippen molar-refractivity contribution in [2.45, 2.75) is 39.5 Å². The van der Waals surface area contributed by atoms with Gasteiger partial charge in [-0.3, -0.25) is 9.10 Å². The van der Waals surface area contributed by atoms with E-state index in [0.29, 0.717) is 16.3 Å². The fraction of sp³-hybridized carbons (Fsp3) is 0.200. The maximum Gasteiger partial charge on any atom is 0.264 e. The summed E-state index contributed by atoms with van der Waals surface area (Å²) in [4.78, 5) is 13.1. The van der Waals surface area contributed by atoms with Gasteiger partial charge in [0.1, 0.15) is 6.54 Å². The molecule has 0 aliphatic heterocycles. The van der Waals surface area contributed by atoms with Gasteiger partial charge in [0.05, 0.1) is 22.5 Å². The fourth-order valence-electron chi connectivity index (χ4n) is 4.68. The number of hydrazone groups is 1. The highest BCUT2D eigenvalue weighted by Crippen LogP contribution is 2.29. The average Bonchev–Trinajstić information content (AvgIpc) is 3.16. The topological polar surface area (TPSA) is 83.8 Å². The molecule has 9 heteroatoms. The van der Waals surface area contributed by atoms with Gasteiger partial charge in [0.15, 0.2) is 0 Å². The van der Waals surface area contributed by atoms with Crippen LogP contribution < -0.4 is 9.73 Å². The predicted molar refractivity (Wildman–Crippen MR) is 158 cm³/mol. The number of amides is 1. The Morgan fingerprint density at radius 2 is 1.59 bits per heavy atom. The van der Waals surface area contributed by atoms with E-state index in [4.69, 9.17) is 11.6 Å². The molecule has 0 spiro atoms. The Morgan fingerprint density at radius 1 is 0.923 bits per heavy atom. The summed E-state index contributed by atoms with van der Waals surface area (Å²) in [6.07, 6.45) is 1.58. The minimum absolute atomic E-state index is 0.0783. The van der Waals surface area contributed by atoms with Crippen molar-refractivity contribution in [2.24, 2.45) is 5.10 Å². The number of nitrogens with zero attached hydrogens (tertiary/aromatic N) is 3. The molecule has 0 radical (unpaired) electrons. The van der Waals surface area contributed by atoms with Gasteiger partial charge in [-0.25, -0.2) is 13.8 Å². The number of aryl methyl sites for hydroxylation is 4. The molecule has 1 N–H and O–H groups in total. The highest BCUT2D eigenvalue weighted by Gasteiger charge is 2.28. The van der Waals surface area contributed by atoms with Crippen LogP contribution in [0.25, 0.3) is 5.69 Å². The SMILES string of the molecule is Cc1cc(Cl)ccc1N(CC(=O)N/N=C/c1cc(C)n(-c2c(C)cccc2C)c1C)S(=O)(=O)c1ccccc1. The van der Waals surface area contributed by atoms with Crippen LogP contribution in [0.1, 0.15) is 33.6 Å². The maximum absolute atomic E-state index is 13.5. The molecule has 0 bridgehead atoms. The van der Waals surface area contributed by atoms with Crippen molar-refractivity contribution in [3.05, 3.63) is 111 Å². The number of carbonyl (C=O) groups excluding carboxylic acids is 1. The summed E-state index contributed by atoms with van der Waals surface area (Å²) in [5.74, 6) is -0.580. The van der Waals surface area contributed by atoms with Crippen molar-refractivity contribution in [2.75, 3.05) is 10.8 Å². The molecule has 4 aromatic rings. The monoisotopic (exact) mass is 562 g/mol. The summed E-state index contributed by atoms with van der Waals surface area (Å²) < 4.78 is 30.3. The van der Waals surface area contributed by atoms with Gasteiger partial charge in [0.25, 0.3) is 15.9 Å². The van der Waals surface area contributed by atoms with Crippen LogP contribution in [0, 0.1) is 34.6 Å². The Morgan fingerprint density at radius 3 is 2.23 bits per heavy atom. The first-order valence-electron chi connectivity index (χ1n) is 12.4. The minimum atomic E-state index is -4.04. The number of anilines is 1. The first kappa shape index (κ1) is 28.1. The van der Waals surface area contributed by atoms with E-state index in [-0.39, 0.29) is 4.90 Å². The van der Waals surface area contributed by atoms with Gasteiger partial charge in [-0.05, 0) is 87.7 Å². The van der Waals surface area contributed by atoms with Crippen molar-refractivity contribution < 1.29 is 13.2 Å². The molecule has 0 unspecified atom stereocenters. The fourth-order valence-corrected chi connectivity index (χ4v) is 6.41. The standard InChI is InChI=1S/C30H31ClN4O3S/c1-20-10-9-11-21(2)30(20)35-23(4)17-25(24(35)5)18-32-33-29(36)19-34(28-15-14-26(31)16-22(28)3)39(37,38)27-12-7-6-8-13-27/h6-18H,19H2,1-5H3,(H,33,36)/b32-18+.